The van der Waals surface area contributed by atoms with E-state index in [0.29, 0.717) is 6.04 Å². The topological polar surface area (TPSA) is 21.3 Å². The zero-order valence-electron chi connectivity index (χ0n) is 9.31. The van der Waals surface area contributed by atoms with Gasteiger partial charge in [0.05, 0.1) is 11.2 Å². The summed E-state index contributed by atoms with van der Waals surface area (Å²) in [5.74, 6) is 0. The van der Waals surface area contributed by atoms with Crippen molar-refractivity contribution in [3.63, 3.8) is 0 Å². The zero-order chi connectivity index (χ0) is 9.41. The van der Waals surface area contributed by atoms with E-state index in [1.807, 2.05) is 7.05 Å². The van der Waals surface area contributed by atoms with Gasteiger partial charge in [-0.05, 0) is 47.6 Å². The number of nitrogens with one attached hydrogen (secondary N) is 1. The predicted octanol–water partition coefficient (Wildman–Crippen LogP) is 2.36. The van der Waals surface area contributed by atoms with Crippen molar-refractivity contribution in [1.82, 2.24) is 5.32 Å². The molecule has 0 unspecified atom stereocenters. The molecule has 1 rings (SSSR count). The average molecular weight is 208 g/mol. The van der Waals surface area contributed by atoms with E-state index in [2.05, 4.69) is 33.0 Å². The monoisotopic (exact) mass is 207 g/mol. The van der Waals surface area contributed by atoms with Crippen molar-refractivity contribution < 1.29 is 4.74 Å². The second-order valence-electron chi connectivity index (χ2n) is 5.02. The van der Waals surface area contributed by atoms with Gasteiger partial charge in [-0.3, -0.25) is 0 Å². The Kier molecular flexibility index (Phi) is 4.23. The molecule has 1 fully saturated rings. The molecule has 0 amide bonds. The quantitative estimate of drug-likeness (QED) is 0.713. The summed E-state index contributed by atoms with van der Waals surface area (Å²) in [5, 5.41) is 3.34. The molecule has 0 aromatic carbocycles. The first kappa shape index (κ1) is 13.2. The van der Waals surface area contributed by atoms with Crippen LogP contribution in [0.1, 0.15) is 40.5 Å². The lowest BCUT2D eigenvalue weighted by Gasteiger charge is -2.45. The zero-order valence-corrected chi connectivity index (χ0v) is 10.1. The molecule has 80 valence electrons. The van der Waals surface area contributed by atoms with E-state index in [4.69, 9.17) is 4.74 Å². The van der Waals surface area contributed by atoms with Crippen LogP contribution in [0, 0.1) is 0 Å². The Morgan fingerprint density at radius 1 is 1.08 bits per heavy atom. The lowest BCUT2D eigenvalue weighted by atomic mass is 9.85. The van der Waals surface area contributed by atoms with Gasteiger partial charge in [0.25, 0.3) is 0 Å². The van der Waals surface area contributed by atoms with E-state index >= 15 is 0 Å². The molecule has 1 aliphatic rings. The van der Waals surface area contributed by atoms with Gasteiger partial charge >= 0.3 is 0 Å². The highest BCUT2D eigenvalue weighted by Gasteiger charge is 2.38. The summed E-state index contributed by atoms with van der Waals surface area (Å²) < 4.78 is 5.95. The number of hydrogen-bond donors (Lipinski definition) is 1. The summed E-state index contributed by atoms with van der Waals surface area (Å²) in [6.45, 7) is 8.66. The van der Waals surface area contributed by atoms with Gasteiger partial charge in [0.2, 0.25) is 0 Å². The number of halogens is 1. The van der Waals surface area contributed by atoms with Crippen LogP contribution >= 0.6 is 12.4 Å². The number of hydrogen-bond acceptors (Lipinski definition) is 2. The van der Waals surface area contributed by atoms with Gasteiger partial charge in [0, 0.05) is 6.04 Å². The third-order valence-corrected chi connectivity index (χ3v) is 2.44. The first-order valence-corrected chi connectivity index (χ1v) is 4.72. The molecule has 1 heterocycles. The molecule has 0 aliphatic carbocycles. The second-order valence-corrected chi connectivity index (χ2v) is 5.02. The minimum atomic E-state index is 0. The Labute approximate surface area is 87.8 Å². The van der Waals surface area contributed by atoms with Gasteiger partial charge in [0.1, 0.15) is 0 Å². The van der Waals surface area contributed by atoms with Crippen LogP contribution in [0.15, 0.2) is 0 Å². The van der Waals surface area contributed by atoms with E-state index in [1.165, 1.54) is 0 Å². The Morgan fingerprint density at radius 2 is 1.46 bits per heavy atom. The highest BCUT2D eigenvalue weighted by atomic mass is 35.5. The Hall–Kier alpha value is 0.210. The maximum Gasteiger partial charge on any atom is 0.0648 e. The highest BCUT2D eigenvalue weighted by Crippen LogP contribution is 2.34. The first-order chi connectivity index (χ1) is 5.35. The minimum Gasteiger partial charge on any atom is -0.370 e. The third kappa shape index (κ3) is 3.84. The molecule has 0 spiro atoms. The van der Waals surface area contributed by atoms with Crippen molar-refractivity contribution in [3.05, 3.63) is 0 Å². The molecule has 1 saturated heterocycles. The Morgan fingerprint density at radius 3 is 1.77 bits per heavy atom. The molecule has 0 bridgehead atoms. The van der Waals surface area contributed by atoms with Crippen molar-refractivity contribution in [2.45, 2.75) is 57.8 Å². The van der Waals surface area contributed by atoms with Crippen molar-refractivity contribution in [2.24, 2.45) is 0 Å². The van der Waals surface area contributed by atoms with Crippen molar-refractivity contribution in [2.75, 3.05) is 7.05 Å². The Balaban J connectivity index is 0.00000144. The van der Waals surface area contributed by atoms with Crippen molar-refractivity contribution in [3.8, 4) is 0 Å². The third-order valence-electron chi connectivity index (χ3n) is 2.44. The molecule has 2 nitrogen and oxygen atoms in total. The molecule has 0 aromatic heterocycles. The van der Waals surface area contributed by atoms with E-state index in [9.17, 15) is 0 Å². The molecule has 0 saturated carbocycles. The van der Waals surface area contributed by atoms with Gasteiger partial charge in [-0.1, -0.05) is 0 Å². The number of rotatable bonds is 1. The molecule has 3 heteroatoms. The van der Waals surface area contributed by atoms with Crippen LogP contribution in [-0.2, 0) is 4.74 Å². The molecule has 1 N–H and O–H groups in total. The van der Waals surface area contributed by atoms with Crippen molar-refractivity contribution in [1.29, 1.82) is 0 Å². The van der Waals surface area contributed by atoms with Crippen LogP contribution in [-0.4, -0.2) is 24.3 Å². The standard InChI is InChI=1S/C10H21NO.ClH/c1-9(2)6-8(11-5)7-10(3,4)12-9;/h8,11H,6-7H2,1-5H3;1H. The van der Waals surface area contributed by atoms with Crippen LogP contribution < -0.4 is 5.32 Å². The molecular weight excluding hydrogens is 186 g/mol. The van der Waals surface area contributed by atoms with E-state index in [1.54, 1.807) is 0 Å². The second kappa shape index (κ2) is 4.16. The van der Waals surface area contributed by atoms with Gasteiger partial charge < -0.3 is 10.1 Å². The predicted molar refractivity (Wildman–Crippen MR) is 58.6 cm³/mol. The van der Waals surface area contributed by atoms with Crippen LogP contribution in [0.4, 0.5) is 0 Å². The highest BCUT2D eigenvalue weighted by molar-refractivity contribution is 5.85. The molecule has 0 radical (unpaired) electrons. The van der Waals surface area contributed by atoms with Crippen molar-refractivity contribution >= 4 is 12.4 Å². The maximum absolute atomic E-state index is 5.95. The molecule has 1 aliphatic heterocycles. The fraction of sp³-hybridized carbons (Fsp3) is 1.00. The SMILES string of the molecule is CNC1CC(C)(C)OC(C)(C)C1.Cl. The summed E-state index contributed by atoms with van der Waals surface area (Å²) in [6, 6.07) is 0.601. The summed E-state index contributed by atoms with van der Waals surface area (Å²) in [5.41, 5.74) is 0.0465. The Bertz CT molecular complexity index is 152. The summed E-state index contributed by atoms with van der Waals surface area (Å²) in [7, 11) is 2.03. The first-order valence-electron chi connectivity index (χ1n) is 4.72. The van der Waals surface area contributed by atoms with Gasteiger partial charge in [-0.15, -0.1) is 12.4 Å². The maximum atomic E-state index is 5.95. The van der Waals surface area contributed by atoms with Gasteiger partial charge in [-0.2, -0.15) is 0 Å². The summed E-state index contributed by atoms with van der Waals surface area (Å²) >= 11 is 0. The van der Waals surface area contributed by atoms with Gasteiger partial charge in [-0.25, -0.2) is 0 Å². The normalized spacial score (nSPS) is 26.5. The van der Waals surface area contributed by atoms with Crippen LogP contribution in [0.25, 0.3) is 0 Å². The van der Waals surface area contributed by atoms with E-state index in [0.717, 1.165) is 12.8 Å². The van der Waals surface area contributed by atoms with Crippen LogP contribution in [0.3, 0.4) is 0 Å². The number of ether oxygens (including phenoxy) is 1. The lowest BCUT2D eigenvalue weighted by molar-refractivity contribution is -0.163. The van der Waals surface area contributed by atoms with Gasteiger partial charge in [0.15, 0.2) is 0 Å². The molecule has 13 heavy (non-hydrogen) atoms. The molecule has 0 atom stereocenters. The smallest absolute Gasteiger partial charge is 0.0648 e. The van der Waals surface area contributed by atoms with Crippen LogP contribution in [0.2, 0.25) is 0 Å². The molecular formula is C10H22ClNO. The molecule has 0 aromatic rings. The largest absolute Gasteiger partial charge is 0.370 e. The fourth-order valence-corrected chi connectivity index (χ4v) is 2.29. The average Bonchev–Trinajstić information content (AvgIpc) is 1.80. The minimum absolute atomic E-state index is 0. The summed E-state index contributed by atoms with van der Waals surface area (Å²) in [4.78, 5) is 0. The van der Waals surface area contributed by atoms with Crippen LogP contribution in [0.5, 0.6) is 0 Å². The summed E-state index contributed by atoms with van der Waals surface area (Å²) in [6.07, 6.45) is 2.21. The van der Waals surface area contributed by atoms with E-state index < -0.39 is 0 Å². The lowest BCUT2D eigenvalue weighted by Crippen LogP contribution is -2.51. The van der Waals surface area contributed by atoms with E-state index in [-0.39, 0.29) is 23.6 Å². The fourth-order valence-electron chi connectivity index (χ4n) is 2.29.